The van der Waals surface area contributed by atoms with E-state index < -0.39 is 0 Å². The third-order valence-electron chi connectivity index (χ3n) is 7.70. The fourth-order valence-corrected chi connectivity index (χ4v) is 5.31. The number of hydrogen-bond acceptors (Lipinski definition) is 7. The Kier molecular flexibility index (Phi) is 8.01. The van der Waals surface area contributed by atoms with E-state index in [1.54, 1.807) is 34.2 Å². The van der Waals surface area contributed by atoms with E-state index in [4.69, 9.17) is 4.98 Å². The van der Waals surface area contributed by atoms with Gasteiger partial charge in [0, 0.05) is 67.2 Å². The Morgan fingerprint density at radius 1 is 0.860 bits per heavy atom. The number of piperazine rings is 1. The van der Waals surface area contributed by atoms with E-state index in [-0.39, 0.29) is 11.9 Å². The Labute approximate surface area is 251 Å². The van der Waals surface area contributed by atoms with Crippen LogP contribution < -0.4 is 25.3 Å². The van der Waals surface area contributed by atoms with Crippen molar-refractivity contribution in [1.29, 1.82) is 0 Å². The molecule has 4 aromatic rings. The number of likely N-dealkylation sites (N-methyl/N-ethyl adjacent to an activating group) is 1. The minimum absolute atomic E-state index is 0.252. The molecule has 0 unspecified atom stereocenters. The van der Waals surface area contributed by atoms with Gasteiger partial charge in [-0.15, -0.1) is 0 Å². The zero-order chi connectivity index (χ0) is 29.8. The number of fused-ring (bicyclic) bond motifs is 1. The highest BCUT2D eigenvalue weighted by atomic mass is 16.2. The summed E-state index contributed by atoms with van der Waals surface area (Å²) in [5, 5.41) is 6.10. The van der Waals surface area contributed by atoms with Gasteiger partial charge in [-0.3, -0.25) is 9.69 Å². The van der Waals surface area contributed by atoms with Crippen molar-refractivity contribution in [1.82, 2.24) is 14.9 Å². The maximum Gasteiger partial charge on any atom is 0.334 e. The van der Waals surface area contributed by atoms with Crippen molar-refractivity contribution >= 4 is 52.1 Å². The van der Waals surface area contributed by atoms with E-state index in [1.165, 1.54) is 11.8 Å². The first kappa shape index (κ1) is 27.9. The predicted octanol–water partition coefficient (Wildman–Crippen LogP) is 5.42. The van der Waals surface area contributed by atoms with E-state index >= 15 is 0 Å². The van der Waals surface area contributed by atoms with Gasteiger partial charge in [0.1, 0.15) is 5.82 Å². The molecule has 10 nitrogen and oxygen atoms in total. The SMILES string of the molecule is C=CC(=O)Nc1cccc(N2C(=O)N(c3ccccc3)CCc3cnc(Nc4ccc(N5CCN(C)CC5)cc4)nc32)c1. The predicted molar refractivity (Wildman–Crippen MR) is 172 cm³/mol. The maximum absolute atomic E-state index is 14.2. The fourth-order valence-electron chi connectivity index (χ4n) is 5.31. The number of aromatic nitrogens is 2. The van der Waals surface area contributed by atoms with Gasteiger partial charge in [0.2, 0.25) is 11.9 Å². The number of anilines is 7. The van der Waals surface area contributed by atoms with Crippen LogP contribution in [-0.2, 0) is 11.2 Å². The highest BCUT2D eigenvalue weighted by molar-refractivity contribution is 6.09. The molecule has 1 aromatic heterocycles. The van der Waals surface area contributed by atoms with Gasteiger partial charge >= 0.3 is 6.03 Å². The molecule has 10 heteroatoms. The number of carbonyl (C=O) groups is 2. The summed E-state index contributed by atoms with van der Waals surface area (Å²) in [6.07, 6.45) is 3.56. The Morgan fingerprint density at radius 3 is 2.35 bits per heavy atom. The number of para-hydroxylation sites is 1. The molecular weight excluding hydrogens is 540 g/mol. The number of nitrogens with zero attached hydrogens (tertiary/aromatic N) is 6. The van der Waals surface area contributed by atoms with Gasteiger partial charge in [0.15, 0.2) is 0 Å². The number of amides is 3. The van der Waals surface area contributed by atoms with Gasteiger partial charge in [0.25, 0.3) is 0 Å². The second kappa shape index (κ2) is 12.3. The Morgan fingerprint density at radius 2 is 1.60 bits per heavy atom. The molecule has 2 N–H and O–H groups in total. The third-order valence-corrected chi connectivity index (χ3v) is 7.70. The topological polar surface area (TPSA) is 96.9 Å². The van der Waals surface area contributed by atoms with Crippen LogP contribution in [0.3, 0.4) is 0 Å². The standard InChI is InChI=1S/C33H34N8O2/c1-3-30(42)35-26-8-7-11-29(22-26)41-31-24(16-17-40(33(41)43)28-9-5-4-6-10-28)23-34-32(37-31)36-25-12-14-27(15-13-25)39-20-18-38(2)19-21-39/h3-15,22-23H,1,16-21H2,2H3,(H,35,42)(H,34,36,37). The van der Waals surface area contributed by atoms with E-state index in [1.807, 2.05) is 48.5 Å². The first-order valence-electron chi connectivity index (χ1n) is 14.3. The second-order valence-corrected chi connectivity index (χ2v) is 10.6. The van der Waals surface area contributed by atoms with Crippen molar-refractivity contribution < 1.29 is 9.59 Å². The number of benzene rings is 3. The van der Waals surface area contributed by atoms with Crippen molar-refractivity contribution in [2.75, 3.05) is 65.1 Å². The molecule has 0 spiro atoms. The molecule has 43 heavy (non-hydrogen) atoms. The lowest BCUT2D eigenvalue weighted by Crippen LogP contribution is -2.44. The number of hydrogen-bond donors (Lipinski definition) is 2. The van der Waals surface area contributed by atoms with Crippen molar-refractivity contribution in [2.24, 2.45) is 0 Å². The molecule has 6 rings (SSSR count). The quantitative estimate of drug-likeness (QED) is 0.285. The van der Waals surface area contributed by atoms with Crippen molar-refractivity contribution in [3.8, 4) is 0 Å². The Balaban J connectivity index is 1.32. The van der Waals surface area contributed by atoms with Crippen molar-refractivity contribution in [3.63, 3.8) is 0 Å². The molecular formula is C33H34N8O2. The molecule has 3 amide bonds. The summed E-state index contributed by atoms with van der Waals surface area (Å²) in [5.74, 6) is 0.536. The molecule has 2 aliphatic heterocycles. The second-order valence-electron chi connectivity index (χ2n) is 10.6. The monoisotopic (exact) mass is 574 g/mol. The number of urea groups is 1. The fraction of sp³-hybridized carbons (Fsp3) is 0.212. The molecule has 3 heterocycles. The zero-order valence-corrected chi connectivity index (χ0v) is 24.1. The third kappa shape index (κ3) is 6.19. The van der Waals surface area contributed by atoms with E-state index in [2.05, 4.69) is 51.2 Å². The van der Waals surface area contributed by atoms with Gasteiger partial charge in [0.05, 0.1) is 5.69 Å². The first-order valence-corrected chi connectivity index (χ1v) is 14.3. The van der Waals surface area contributed by atoms with Gasteiger partial charge in [-0.25, -0.2) is 14.7 Å². The first-order chi connectivity index (χ1) is 21.0. The minimum Gasteiger partial charge on any atom is -0.369 e. The molecule has 0 bridgehead atoms. The average Bonchev–Trinajstić information content (AvgIpc) is 3.18. The largest absolute Gasteiger partial charge is 0.369 e. The summed E-state index contributed by atoms with van der Waals surface area (Å²) in [7, 11) is 2.15. The van der Waals surface area contributed by atoms with Crippen LogP contribution in [0.15, 0.2) is 97.7 Å². The molecule has 2 aliphatic rings. The molecule has 0 radical (unpaired) electrons. The summed E-state index contributed by atoms with van der Waals surface area (Å²) in [6, 6.07) is 24.7. The number of rotatable bonds is 7. The summed E-state index contributed by atoms with van der Waals surface area (Å²) in [5.41, 5.74) is 4.76. The molecule has 1 fully saturated rings. The molecule has 3 aromatic carbocycles. The van der Waals surface area contributed by atoms with Crippen molar-refractivity contribution in [3.05, 3.63) is 103 Å². The van der Waals surface area contributed by atoms with Crippen LogP contribution in [0.4, 0.5) is 45.0 Å². The highest BCUT2D eigenvalue weighted by Gasteiger charge is 2.32. The lowest BCUT2D eigenvalue weighted by Gasteiger charge is -2.34. The maximum atomic E-state index is 14.2. The minimum atomic E-state index is -0.335. The van der Waals surface area contributed by atoms with Gasteiger partial charge < -0.3 is 20.4 Å². The normalized spacial score (nSPS) is 15.5. The van der Waals surface area contributed by atoms with Crippen LogP contribution in [-0.4, -0.2) is 66.6 Å². The lowest BCUT2D eigenvalue weighted by molar-refractivity contribution is -0.111. The van der Waals surface area contributed by atoms with E-state index in [9.17, 15) is 9.59 Å². The van der Waals surface area contributed by atoms with E-state index in [0.717, 1.165) is 43.1 Å². The summed E-state index contributed by atoms with van der Waals surface area (Å²) in [6.45, 7) is 8.08. The van der Waals surface area contributed by atoms with Crippen LogP contribution in [0, 0.1) is 0 Å². The van der Waals surface area contributed by atoms with Crippen LogP contribution in [0.25, 0.3) is 0 Å². The van der Waals surface area contributed by atoms with Crippen LogP contribution in [0.5, 0.6) is 0 Å². The van der Waals surface area contributed by atoms with E-state index in [0.29, 0.717) is 36.1 Å². The smallest absolute Gasteiger partial charge is 0.334 e. The van der Waals surface area contributed by atoms with Crippen molar-refractivity contribution in [2.45, 2.75) is 6.42 Å². The summed E-state index contributed by atoms with van der Waals surface area (Å²) in [4.78, 5) is 43.8. The molecule has 0 atom stereocenters. The van der Waals surface area contributed by atoms with Gasteiger partial charge in [-0.1, -0.05) is 30.8 Å². The molecule has 0 aliphatic carbocycles. The lowest BCUT2D eigenvalue weighted by atomic mass is 10.2. The molecule has 0 saturated carbocycles. The van der Waals surface area contributed by atoms with Crippen LogP contribution in [0.1, 0.15) is 5.56 Å². The Bertz CT molecular complexity index is 1620. The highest BCUT2D eigenvalue weighted by Crippen LogP contribution is 2.35. The average molecular weight is 575 g/mol. The summed E-state index contributed by atoms with van der Waals surface area (Å²) < 4.78 is 0. The molecule has 218 valence electrons. The van der Waals surface area contributed by atoms with Crippen LogP contribution >= 0.6 is 0 Å². The molecule has 1 saturated heterocycles. The zero-order valence-electron chi connectivity index (χ0n) is 24.1. The van der Waals surface area contributed by atoms with Crippen LogP contribution in [0.2, 0.25) is 0 Å². The summed E-state index contributed by atoms with van der Waals surface area (Å²) >= 11 is 0. The van der Waals surface area contributed by atoms with Gasteiger partial charge in [-0.2, -0.15) is 4.98 Å². The number of carbonyl (C=O) groups excluding carboxylic acids is 2. The number of nitrogens with one attached hydrogen (secondary N) is 2. The van der Waals surface area contributed by atoms with Gasteiger partial charge in [-0.05, 0) is 74.1 Å². The Hall–Kier alpha value is -5.22.